The van der Waals surface area contributed by atoms with E-state index < -0.39 is 18.0 Å². The molecule has 0 aliphatic carbocycles. The molecule has 0 saturated carbocycles. The lowest BCUT2D eigenvalue weighted by molar-refractivity contribution is -0.151. The Labute approximate surface area is 129 Å². The second-order valence-corrected chi connectivity index (χ2v) is 4.63. The minimum Gasteiger partial charge on any atom is -0.469 e. The van der Waals surface area contributed by atoms with Crippen LogP contribution < -0.4 is 5.73 Å². The lowest BCUT2D eigenvalue weighted by Gasteiger charge is -2.26. The molecule has 1 amide bonds. The molecule has 0 saturated heterocycles. The zero-order valence-electron chi connectivity index (χ0n) is 12.7. The molecule has 7 nitrogen and oxygen atoms in total. The highest BCUT2D eigenvalue weighted by Gasteiger charge is 2.27. The van der Waals surface area contributed by atoms with Crippen molar-refractivity contribution in [3.05, 3.63) is 29.8 Å². The molecule has 7 heteroatoms. The summed E-state index contributed by atoms with van der Waals surface area (Å²) in [7, 11) is 2.49. The van der Waals surface area contributed by atoms with Crippen molar-refractivity contribution in [2.24, 2.45) is 0 Å². The van der Waals surface area contributed by atoms with Crippen molar-refractivity contribution in [1.29, 1.82) is 0 Å². The summed E-state index contributed by atoms with van der Waals surface area (Å²) in [6.07, 6.45) is 0.668. The molecule has 1 unspecified atom stereocenters. The Morgan fingerprint density at radius 2 is 1.95 bits per heavy atom. The van der Waals surface area contributed by atoms with Gasteiger partial charge in [-0.1, -0.05) is 18.2 Å². The highest BCUT2D eigenvalue weighted by Crippen LogP contribution is 2.17. The number of esters is 2. The van der Waals surface area contributed by atoms with Gasteiger partial charge in [0.05, 0.1) is 14.2 Å². The topological polar surface area (TPSA) is 98.9 Å². The van der Waals surface area contributed by atoms with E-state index in [1.54, 1.807) is 24.3 Å². The molecule has 0 aromatic heterocycles. The molecule has 1 aromatic carbocycles. The number of ether oxygens (including phenoxy) is 2. The predicted octanol–water partition coefficient (Wildman–Crippen LogP) is 0.722. The second kappa shape index (κ2) is 8.66. The van der Waals surface area contributed by atoms with Crippen LogP contribution in [0.25, 0.3) is 0 Å². The molecule has 0 heterocycles. The number of nitrogen functional groups attached to an aromatic ring is 1. The van der Waals surface area contributed by atoms with Gasteiger partial charge in [0.1, 0.15) is 6.04 Å². The van der Waals surface area contributed by atoms with Gasteiger partial charge in [-0.15, -0.1) is 0 Å². The van der Waals surface area contributed by atoms with E-state index in [4.69, 9.17) is 10.5 Å². The number of carbonyl (C=O) groups is 3. The standard InChI is InChI=1S/C15H20N2O5/c1-21-14(19)8-7-13(15(20)22-2)17(10-18)9-11-5-3-4-6-12(11)16/h3-6,10,13H,7-9,16H2,1-2H3. The van der Waals surface area contributed by atoms with Crippen molar-refractivity contribution in [2.75, 3.05) is 20.0 Å². The van der Waals surface area contributed by atoms with Gasteiger partial charge in [0, 0.05) is 18.7 Å². The number of nitrogens with zero attached hydrogens (tertiary/aromatic N) is 1. The molecule has 120 valence electrons. The van der Waals surface area contributed by atoms with E-state index in [9.17, 15) is 14.4 Å². The zero-order chi connectivity index (χ0) is 16.5. The van der Waals surface area contributed by atoms with Gasteiger partial charge in [0.25, 0.3) is 0 Å². The lowest BCUT2D eigenvalue weighted by Crippen LogP contribution is -2.41. The number of anilines is 1. The van der Waals surface area contributed by atoms with E-state index in [1.807, 2.05) is 0 Å². The fourth-order valence-electron chi connectivity index (χ4n) is 2.01. The molecule has 0 aliphatic rings. The summed E-state index contributed by atoms with van der Waals surface area (Å²) < 4.78 is 9.25. The van der Waals surface area contributed by atoms with Crippen LogP contribution in [0.4, 0.5) is 5.69 Å². The van der Waals surface area contributed by atoms with E-state index in [-0.39, 0.29) is 19.4 Å². The van der Waals surface area contributed by atoms with Crippen LogP contribution in [0, 0.1) is 0 Å². The van der Waals surface area contributed by atoms with Crippen molar-refractivity contribution >= 4 is 24.0 Å². The van der Waals surface area contributed by atoms with Gasteiger partial charge in [-0.05, 0) is 18.1 Å². The normalized spacial score (nSPS) is 11.4. The predicted molar refractivity (Wildman–Crippen MR) is 79.5 cm³/mol. The molecule has 0 fully saturated rings. The maximum absolute atomic E-state index is 11.9. The first-order valence-corrected chi connectivity index (χ1v) is 6.72. The van der Waals surface area contributed by atoms with Crippen LogP contribution in [0.1, 0.15) is 18.4 Å². The van der Waals surface area contributed by atoms with E-state index in [0.717, 1.165) is 0 Å². The van der Waals surface area contributed by atoms with Crippen LogP contribution >= 0.6 is 0 Å². The Hall–Kier alpha value is -2.57. The Morgan fingerprint density at radius 1 is 1.27 bits per heavy atom. The van der Waals surface area contributed by atoms with Crippen molar-refractivity contribution in [3.8, 4) is 0 Å². The Kier molecular flexibility index (Phi) is 6.88. The van der Waals surface area contributed by atoms with Crippen LogP contribution in [0.5, 0.6) is 0 Å². The first-order valence-electron chi connectivity index (χ1n) is 6.72. The average Bonchev–Trinajstić information content (AvgIpc) is 2.54. The first kappa shape index (κ1) is 17.5. The molecule has 0 bridgehead atoms. The number of hydrogen-bond acceptors (Lipinski definition) is 6. The Balaban J connectivity index is 2.88. The molecule has 22 heavy (non-hydrogen) atoms. The highest BCUT2D eigenvalue weighted by atomic mass is 16.5. The van der Waals surface area contributed by atoms with Crippen molar-refractivity contribution in [1.82, 2.24) is 4.90 Å². The number of carbonyl (C=O) groups excluding carboxylic acids is 3. The molecule has 0 radical (unpaired) electrons. The molecule has 1 atom stereocenters. The monoisotopic (exact) mass is 308 g/mol. The summed E-state index contributed by atoms with van der Waals surface area (Å²) in [4.78, 5) is 35.8. The van der Waals surface area contributed by atoms with E-state index in [1.165, 1.54) is 19.1 Å². The van der Waals surface area contributed by atoms with E-state index in [2.05, 4.69) is 4.74 Å². The van der Waals surface area contributed by atoms with Crippen molar-refractivity contribution in [3.63, 3.8) is 0 Å². The van der Waals surface area contributed by atoms with Crippen LogP contribution in [0.2, 0.25) is 0 Å². The Morgan fingerprint density at radius 3 is 2.50 bits per heavy atom. The number of benzene rings is 1. The third kappa shape index (κ3) is 4.76. The fourth-order valence-corrected chi connectivity index (χ4v) is 2.01. The lowest BCUT2D eigenvalue weighted by atomic mass is 10.1. The van der Waals surface area contributed by atoms with E-state index >= 15 is 0 Å². The second-order valence-electron chi connectivity index (χ2n) is 4.63. The number of para-hydroxylation sites is 1. The summed E-state index contributed by atoms with van der Waals surface area (Å²) in [5, 5.41) is 0. The Bertz CT molecular complexity index is 532. The summed E-state index contributed by atoms with van der Waals surface area (Å²) in [6, 6.07) is 6.16. The van der Waals surface area contributed by atoms with Crippen molar-refractivity contribution in [2.45, 2.75) is 25.4 Å². The largest absolute Gasteiger partial charge is 0.469 e. The van der Waals surface area contributed by atoms with Gasteiger partial charge in [-0.25, -0.2) is 4.79 Å². The van der Waals surface area contributed by atoms with Gasteiger partial charge < -0.3 is 20.1 Å². The molecule has 2 N–H and O–H groups in total. The van der Waals surface area contributed by atoms with Gasteiger partial charge in [-0.3, -0.25) is 9.59 Å². The fraction of sp³-hybridized carbons (Fsp3) is 0.400. The molecular weight excluding hydrogens is 288 g/mol. The minimum atomic E-state index is -0.874. The third-order valence-corrected chi connectivity index (χ3v) is 3.27. The first-order chi connectivity index (χ1) is 10.5. The molecule has 0 spiro atoms. The maximum Gasteiger partial charge on any atom is 0.328 e. The van der Waals surface area contributed by atoms with Crippen LogP contribution in [0.15, 0.2) is 24.3 Å². The molecular formula is C15H20N2O5. The maximum atomic E-state index is 11.9. The average molecular weight is 308 g/mol. The van der Waals surface area contributed by atoms with Gasteiger partial charge in [0.15, 0.2) is 0 Å². The zero-order valence-corrected chi connectivity index (χ0v) is 12.7. The van der Waals surface area contributed by atoms with Gasteiger partial charge in [0.2, 0.25) is 6.41 Å². The number of methoxy groups -OCH3 is 2. The number of hydrogen-bond donors (Lipinski definition) is 1. The third-order valence-electron chi connectivity index (χ3n) is 3.27. The van der Waals surface area contributed by atoms with Crippen LogP contribution in [0.3, 0.4) is 0 Å². The summed E-state index contributed by atoms with van der Waals surface area (Å²) in [5.41, 5.74) is 7.07. The summed E-state index contributed by atoms with van der Waals surface area (Å²) in [5.74, 6) is -1.05. The summed E-state index contributed by atoms with van der Waals surface area (Å²) >= 11 is 0. The number of amides is 1. The number of nitrogens with two attached hydrogens (primary N) is 1. The summed E-state index contributed by atoms with van der Waals surface area (Å²) in [6.45, 7) is 0.150. The minimum absolute atomic E-state index is 0.00484. The van der Waals surface area contributed by atoms with Crippen LogP contribution in [-0.4, -0.2) is 43.5 Å². The molecule has 1 aromatic rings. The van der Waals surface area contributed by atoms with Gasteiger partial charge in [-0.2, -0.15) is 0 Å². The smallest absolute Gasteiger partial charge is 0.328 e. The van der Waals surface area contributed by atoms with E-state index in [0.29, 0.717) is 17.7 Å². The quantitative estimate of drug-likeness (QED) is 0.431. The highest BCUT2D eigenvalue weighted by molar-refractivity contribution is 5.79. The van der Waals surface area contributed by atoms with Crippen molar-refractivity contribution < 1.29 is 23.9 Å². The van der Waals surface area contributed by atoms with Crippen LogP contribution in [-0.2, 0) is 30.4 Å². The SMILES string of the molecule is COC(=O)CCC(C(=O)OC)N(C=O)Cc1ccccc1N. The van der Waals surface area contributed by atoms with Gasteiger partial charge >= 0.3 is 11.9 Å². The molecule has 0 aliphatic heterocycles. The molecule has 1 rings (SSSR count). The number of rotatable bonds is 8.